The number of rotatable bonds is 12. The van der Waals surface area contributed by atoms with E-state index in [4.69, 9.17) is 0 Å². The Balaban J connectivity index is 0.000000385. The third kappa shape index (κ3) is 13.8. The third-order valence-electron chi connectivity index (χ3n) is 6.73. The minimum Gasteiger partial charge on any atom is -0.390 e. The molecule has 0 radical (unpaired) electrons. The molecule has 0 bridgehead atoms. The fraction of sp³-hybridized carbons (Fsp3) is 0.325. The van der Waals surface area contributed by atoms with Gasteiger partial charge in [0.15, 0.2) is 0 Å². The summed E-state index contributed by atoms with van der Waals surface area (Å²) >= 11 is 0. The van der Waals surface area contributed by atoms with E-state index in [0.29, 0.717) is 0 Å². The van der Waals surface area contributed by atoms with Crippen molar-refractivity contribution in [3.05, 3.63) is 133 Å². The maximum Gasteiger partial charge on any atom is 0.126 e. The zero-order valence-corrected chi connectivity index (χ0v) is 28.2. The van der Waals surface area contributed by atoms with E-state index < -0.39 is 0 Å². The lowest BCUT2D eigenvalue weighted by molar-refractivity contribution is 0.737. The van der Waals surface area contributed by atoms with Gasteiger partial charge in [-0.15, -0.1) is 13.2 Å². The van der Waals surface area contributed by atoms with Crippen LogP contribution < -0.4 is 16.0 Å². The zero-order valence-electron chi connectivity index (χ0n) is 28.2. The molecule has 1 aromatic heterocycles. The molecule has 0 spiro atoms. The van der Waals surface area contributed by atoms with Crippen LogP contribution in [0.1, 0.15) is 63.1 Å². The Morgan fingerprint density at radius 2 is 1.48 bits per heavy atom. The Labute approximate surface area is 268 Å². The molecule has 4 nitrogen and oxygen atoms in total. The molecule has 4 rings (SSSR count). The number of hydrogen-bond acceptors (Lipinski definition) is 4. The minimum atomic E-state index is 0.724. The molecule has 0 unspecified atom stereocenters. The van der Waals surface area contributed by atoms with Crippen molar-refractivity contribution < 1.29 is 0 Å². The van der Waals surface area contributed by atoms with E-state index in [-0.39, 0.29) is 0 Å². The highest BCUT2D eigenvalue weighted by atomic mass is 15.0. The molecule has 4 aromatic rings. The Morgan fingerprint density at radius 1 is 0.818 bits per heavy atom. The zero-order chi connectivity index (χ0) is 32.7. The molecule has 0 fully saturated rings. The summed E-state index contributed by atoms with van der Waals surface area (Å²) in [6.07, 6.45) is 7.40. The van der Waals surface area contributed by atoms with Crippen LogP contribution in [0.4, 0.5) is 5.82 Å². The maximum absolute atomic E-state index is 4.26. The number of hydrogen-bond donors (Lipinski definition) is 3. The van der Waals surface area contributed by atoms with E-state index in [9.17, 15) is 0 Å². The first-order valence-electron chi connectivity index (χ1n) is 15.8. The number of aryl methyl sites for hydroxylation is 3. The quantitative estimate of drug-likeness (QED) is 0.113. The number of nitrogens with zero attached hydrogens (tertiary/aromatic N) is 1. The predicted molar refractivity (Wildman–Crippen MR) is 197 cm³/mol. The lowest BCUT2D eigenvalue weighted by Gasteiger charge is -2.11. The van der Waals surface area contributed by atoms with E-state index in [2.05, 4.69) is 143 Å². The highest BCUT2D eigenvalue weighted by molar-refractivity contribution is 5.98. The summed E-state index contributed by atoms with van der Waals surface area (Å²) in [4.78, 5) is 4.26. The van der Waals surface area contributed by atoms with Crippen molar-refractivity contribution in [3.8, 4) is 11.1 Å². The molecule has 3 N–H and O–H groups in total. The Bertz CT molecular complexity index is 1390. The number of allylic oxidation sites excluding steroid dienone is 1. The van der Waals surface area contributed by atoms with Crippen LogP contribution in [-0.4, -0.2) is 25.1 Å². The van der Waals surface area contributed by atoms with Crippen LogP contribution in [0.2, 0.25) is 0 Å². The number of nitrogens with one attached hydrogen (secondary N) is 3. The second kappa shape index (κ2) is 22.3. The minimum absolute atomic E-state index is 0.724. The molecular weight excluding hydrogens is 536 g/mol. The standard InChI is InChI=1S/C20H20.C15H24N4.C3H8.C2H4/c1-3-6-16-10-12-17(13-11-16)19-14-9-15(2)18-7-4-5-8-20(18)19;1-12-7-9-18-15(10-12)17-8-5-6-13(2)19-11-14(3)16-4;1-3-2;1-2/h4-5,7-14H,3,6H2,1-2H3;7,9-10,16,19H,2-3,5-6,8,11H2,1,4H3,(H,17,18);3H2,1-2H3;1-2H2. The highest BCUT2D eigenvalue weighted by Crippen LogP contribution is 2.30. The van der Waals surface area contributed by atoms with Gasteiger partial charge in [-0.2, -0.15) is 0 Å². The van der Waals surface area contributed by atoms with Gasteiger partial charge in [0, 0.05) is 31.2 Å². The highest BCUT2D eigenvalue weighted by Gasteiger charge is 2.05. The molecule has 0 aliphatic heterocycles. The number of pyridine rings is 1. The third-order valence-corrected chi connectivity index (χ3v) is 6.73. The summed E-state index contributed by atoms with van der Waals surface area (Å²) in [5.74, 6) is 0.933. The molecule has 0 atom stereocenters. The molecule has 0 amide bonds. The van der Waals surface area contributed by atoms with Crippen molar-refractivity contribution in [1.82, 2.24) is 15.6 Å². The fourth-order valence-corrected chi connectivity index (χ4v) is 4.40. The van der Waals surface area contributed by atoms with Crippen LogP contribution in [-0.2, 0) is 6.42 Å². The first kappa shape index (κ1) is 37.7. The molecule has 44 heavy (non-hydrogen) atoms. The maximum atomic E-state index is 4.26. The Morgan fingerprint density at radius 3 is 2.09 bits per heavy atom. The molecule has 1 heterocycles. The van der Waals surface area contributed by atoms with Gasteiger partial charge < -0.3 is 16.0 Å². The summed E-state index contributed by atoms with van der Waals surface area (Å²) in [7, 11) is 1.87. The van der Waals surface area contributed by atoms with Crippen LogP contribution in [0.3, 0.4) is 0 Å². The number of fused-ring (bicyclic) bond motifs is 1. The van der Waals surface area contributed by atoms with E-state index in [0.717, 1.165) is 49.6 Å². The van der Waals surface area contributed by atoms with Gasteiger partial charge in [0.05, 0.1) is 6.54 Å². The number of aromatic nitrogens is 1. The molecule has 236 valence electrons. The smallest absolute Gasteiger partial charge is 0.126 e. The summed E-state index contributed by atoms with van der Waals surface area (Å²) in [6, 6.07) is 26.2. The van der Waals surface area contributed by atoms with Gasteiger partial charge in [0.25, 0.3) is 0 Å². The van der Waals surface area contributed by atoms with Gasteiger partial charge in [0.2, 0.25) is 0 Å². The van der Waals surface area contributed by atoms with Crippen LogP contribution >= 0.6 is 0 Å². The molecule has 0 saturated heterocycles. The van der Waals surface area contributed by atoms with Gasteiger partial charge in [-0.3, -0.25) is 0 Å². The first-order chi connectivity index (χ1) is 21.3. The second-order valence-electron chi connectivity index (χ2n) is 10.7. The average molecular weight is 593 g/mol. The van der Waals surface area contributed by atoms with Crippen molar-refractivity contribution >= 4 is 16.6 Å². The van der Waals surface area contributed by atoms with Gasteiger partial charge in [-0.1, -0.05) is 107 Å². The van der Waals surface area contributed by atoms with Gasteiger partial charge >= 0.3 is 0 Å². The van der Waals surface area contributed by atoms with Crippen LogP contribution in [0.5, 0.6) is 0 Å². The lowest BCUT2D eigenvalue weighted by atomic mass is 9.95. The number of anilines is 1. The summed E-state index contributed by atoms with van der Waals surface area (Å²) in [5.41, 5.74) is 8.61. The van der Waals surface area contributed by atoms with Crippen molar-refractivity contribution in [3.63, 3.8) is 0 Å². The SMILES string of the molecule is C=C.C=C(CNC(=C)CCCNc1cc(C)ccn1)NC.CCC.CCCc1ccc(-c2ccc(C)c3ccccc23)cc1. The Kier molecular flexibility index (Phi) is 19.1. The molecule has 0 saturated carbocycles. The number of likely N-dealkylation sites (N-methyl/N-ethyl adjacent to an activating group) is 1. The molecule has 0 aliphatic carbocycles. The predicted octanol–water partition coefficient (Wildman–Crippen LogP) is 10.4. The number of benzene rings is 3. The van der Waals surface area contributed by atoms with Crippen LogP contribution in [0, 0.1) is 13.8 Å². The summed E-state index contributed by atoms with van der Waals surface area (Å²) < 4.78 is 0. The van der Waals surface area contributed by atoms with Crippen molar-refractivity contribution in [2.75, 3.05) is 25.5 Å². The van der Waals surface area contributed by atoms with Crippen LogP contribution in [0.15, 0.2) is 117 Å². The lowest BCUT2D eigenvalue weighted by Crippen LogP contribution is -2.21. The average Bonchev–Trinajstić information content (AvgIpc) is 3.05. The Hall–Kier alpha value is -4.31. The van der Waals surface area contributed by atoms with E-state index >= 15 is 0 Å². The topological polar surface area (TPSA) is 49.0 Å². The van der Waals surface area contributed by atoms with Gasteiger partial charge in [-0.25, -0.2) is 4.98 Å². The molecule has 0 aliphatic rings. The van der Waals surface area contributed by atoms with E-state index in [1.54, 1.807) is 0 Å². The van der Waals surface area contributed by atoms with Crippen molar-refractivity contribution in [2.24, 2.45) is 0 Å². The molecular formula is C40H56N4. The largest absolute Gasteiger partial charge is 0.390 e. The van der Waals surface area contributed by atoms with Crippen LogP contribution in [0.25, 0.3) is 21.9 Å². The fourth-order valence-electron chi connectivity index (χ4n) is 4.40. The van der Waals surface area contributed by atoms with Gasteiger partial charge in [0.1, 0.15) is 5.82 Å². The summed E-state index contributed by atoms with van der Waals surface area (Å²) in [6.45, 7) is 26.2. The molecule has 4 heteroatoms. The monoisotopic (exact) mass is 592 g/mol. The first-order valence-corrected chi connectivity index (χ1v) is 15.8. The molecule has 3 aromatic carbocycles. The van der Waals surface area contributed by atoms with E-state index in [1.165, 1.54) is 51.4 Å². The van der Waals surface area contributed by atoms with Gasteiger partial charge in [-0.05, 0) is 83.8 Å². The van der Waals surface area contributed by atoms with Crippen molar-refractivity contribution in [2.45, 2.75) is 66.7 Å². The summed E-state index contributed by atoms with van der Waals surface area (Å²) in [5, 5.41) is 12.2. The normalized spacial score (nSPS) is 9.68. The van der Waals surface area contributed by atoms with E-state index in [1.807, 2.05) is 25.4 Å². The second-order valence-corrected chi connectivity index (χ2v) is 10.7. The van der Waals surface area contributed by atoms with Crippen molar-refractivity contribution in [1.29, 1.82) is 0 Å².